The molecule has 0 saturated carbocycles. The SMILES string of the molecule is O=C(COc1cccnc1)N1CCC(Cc2n[nH]c(=O)n2-c2ccccc2F)CC1. The number of nitrogens with one attached hydrogen (secondary N) is 1. The molecule has 1 saturated heterocycles. The lowest BCUT2D eigenvalue weighted by atomic mass is 9.93. The Labute approximate surface area is 172 Å². The third-order valence-electron chi connectivity index (χ3n) is 5.27. The zero-order valence-electron chi connectivity index (χ0n) is 16.3. The number of carbonyl (C=O) groups excluding carboxylic acids is 1. The van der Waals surface area contributed by atoms with E-state index >= 15 is 0 Å². The summed E-state index contributed by atoms with van der Waals surface area (Å²) >= 11 is 0. The number of benzene rings is 1. The van der Waals surface area contributed by atoms with Crippen molar-refractivity contribution < 1.29 is 13.9 Å². The van der Waals surface area contributed by atoms with Crippen LogP contribution >= 0.6 is 0 Å². The van der Waals surface area contributed by atoms with Crippen LogP contribution < -0.4 is 10.4 Å². The van der Waals surface area contributed by atoms with E-state index in [9.17, 15) is 14.0 Å². The zero-order valence-corrected chi connectivity index (χ0v) is 16.3. The molecule has 30 heavy (non-hydrogen) atoms. The number of ether oxygens (including phenoxy) is 1. The number of rotatable bonds is 6. The van der Waals surface area contributed by atoms with Gasteiger partial charge in [0.2, 0.25) is 0 Å². The normalized spacial score (nSPS) is 14.6. The van der Waals surface area contributed by atoms with Gasteiger partial charge in [0, 0.05) is 25.7 Å². The van der Waals surface area contributed by atoms with Crippen molar-refractivity contribution in [2.75, 3.05) is 19.7 Å². The van der Waals surface area contributed by atoms with Gasteiger partial charge in [-0.3, -0.25) is 9.78 Å². The molecule has 1 aromatic carbocycles. The molecule has 3 heterocycles. The number of hydrogen-bond acceptors (Lipinski definition) is 5. The second-order valence-electron chi connectivity index (χ2n) is 7.24. The molecule has 9 heteroatoms. The maximum atomic E-state index is 14.2. The first-order valence-electron chi connectivity index (χ1n) is 9.83. The van der Waals surface area contributed by atoms with E-state index in [4.69, 9.17) is 4.74 Å². The largest absolute Gasteiger partial charge is 0.482 e. The minimum Gasteiger partial charge on any atom is -0.482 e. The predicted molar refractivity (Wildman–Crippen MR) is 107 cm³/mol. The number of pyridine rings is 1. The van der Waals surface area contributed by atoms with Crippen molar-refractivity contribution in [2.24, 2.45) is 5.92 Å². The van der Waals surface area contributed by atoms with Crippen LogP contribution in [-0.4, -0.2) is 50.3 Å². The molecular formula is C21H22FN5O3. The maximum Gasteiger partial charge on any atom is 0.348 e. The van der Waals surface area contributed by atoms with Crippen LogP contribution in [0.25, 0.3) is 5.69 Å². The molecule has 8 nitrogen and oxygen atoms in total. The summed E-state index contributed by atoms with van der Waals surface area (Å²) in [6.45, 7) is 1.19. The number of H-pyrrole nitrogens is 1. The molecule has 1 amide bonds. The Kier molecular flexibility index (Phi) is 5.87. The number of aromatic amines is 1. The monoisotopic (exact) mass is 411 g/mol. The maximum absolute atomic E-state index is 14.2. The van der Waals surface area contributed by atoms with Gasteiger partial charge in [0.05, 0.1) is 11.9 Å². The van der Waals surface area contributed by atoms with Gasteiger partial charge in [0.1, 0.15) is 17.4 Å². The van der Waals surface area contributed by atoms with Crippen LogP contribution in [0.4, 0.5) is 4.39 Å². The molecule has 0 bridgehead atoms. The van der Waals surface area contributed by atoms with Crippen LogP contribution in [-0.2, 0) is 11.2 Å². The van der Waals surface area contributed by atoms with Crippen LogP contribution in [0.1, 0.15) is 18.7 Å². The van der Waals surface area contributed by atoms with E-state index in [1.807, 2.05) is 0 Å². The summed E-state index contributed by atoms with van der Waals surface area (Å²) in [5.74, 6) is 0.755. The molecule has 0 radical (unpaired) electrons. The van der Waals surface area contributed by atoms with Crippen molar-refractivity contribution >= 4 is 5.91 Å². The molecule has 4 rings (SSSR count). The second kappa shape index (κ2) is 8.89. The Morgan fingerprint density at radius 2 is 2.00 bits per heavy atom. The Morgan fingerprint density at radius 3 is 2.73 bits per heavy atom. The fourth-order valence-corrected chi connectivity index (χ4v) is 3.66. The number of likely N-dealkylation sites (tertiary alicyclic amines) is 1. The number of para-hydroxylation sites is 1. The summed E-state index contributed by atoms with van der Waals surface area (Å²) in [5.41, 5.74) is -0.276. The van der Waals surface area contributed by atoms with E-state index in [2.05, 4.69) is 15.2 Å². The molecule has 1 aliphatic rings. The summed E-state index contributed by atoms with van der Waals surface area (Å²) in [7, 11) is 0. The molecule has 1 N–H and O–H groups in total. The number of carbonyl (C=O) groups is 1. The minimum absolute atomic E-state index is 0.0252. The zero-order chi connectivity index (χ0) is 20.9. The van der Waals surface area contributed by atoms with E-state index in [-0.39, 0.29) is 24.1 Å². The standard InChI is InChI=1S/C21H22FN5O3/c22-17-5-1-2-6-18(17)27-19(24-25-21(27)29)12-15-7-10-26(11-8-15)20(28)14-30-16-4-3-9-23-13-16/h1-6,9,13,15H,7-8,10-12,14H2,(H,25,29). The van der Waals surface area contributed by atoms with Crippen molar-refractivity contribution in [1.82, 2.24) is 24.6 Å². The van der Waals surface area contributed by atoms with Crippen molar-refractivity contribution in [2.45, 2.75) is 19.3 Å². The summed E-state index contributed by atoms with van der Waals surface area (Å²) in [4.78, 5) is 30.3. The number of aromatic nitrogens is 4. The van der Waals surface area contributed by atoms with E-state index in [1.54, 1.807) is 47.6 Å². The Balaban J connectivity index is 1.34. The van der Waals surface area contributed by atoms with Crippen LogP contribution in [0.3, 0.4) is 0 Å². The van der Waals surface area contributed by atoms with Gasteiger partial charge in [-0.1, -0.05) is 12.1 Å². The summed E-state index contributed by atoms with van der Waals surface area (Å²) < 4.78 is 20.9. The van der Waals surface area contributed by atoms with Crippen LogP contribution in [0, 0.1) is 11.7 Å². The van der Waals surface area contributed by atoms with Crippen molar-refractivity contribution in [3.05, 3.63) is 70.9 Å². The highest BCUT2D eigenvalue weighted by Crippen LogP contribution is 2.22. The highest BCUT2D eigenvalue weighted by Gasteiger charge is 2.25. The minimum atomic E-state index is -0.476. The first-order chi connectivity index (χ1) is 14.6. The number of halogens is 1. The third kappa shape index (κ3) is 4.40. The average molecular weight is 411 g/mol. The van der Waals surface area contributed by atoms with E-state index < -0.39 is 11.5 Å². The molecule has 1 fully saturated rings. The van der Waals surface area contributed by atoms with Crippen LogP contribution in [0.5, 0.6) is 5.75 Å². The highest BCUT2D eigenvalue weighted by molar-refractivity contribution is 5.77. The Hall–Kier alpha value is -3.49. The molecule has 0 unspecified atom stereocenters. The van der Waals surface area contributed by atoms with Gasteiger partial charge in [-0.25, -0.2) is 18.9 Å². The van der Waals surface area contributed by atoms with Gasteiger partial charge in [-0.05, 0) is 43.0 Å². The molecule has 0 aliphatic carbocycles. The number of amides is 1. The smallest absolute Gasteiger partial charge is 0.348 e. The van der Waals surface area contributed by atoms with Gasteiger partial charge >= 0.3 is 5.69 Å². The Bertz CT molecular complexity index is 1060. The van der Waals surface area contributed by atoms with Crippen LogP contribution in [0.15, 0.2) is 53.6 Å². The molecule has 0 atom stereocenters. The lowest BCUT2D eigenvalue weighted by Crippen LogP contribution is -2.41. The molecule has 2 aromatic heterocycles. The topological polar surface area (TPSA) is 93.1 Å². The first kappa shape index (κ1) is 19.8. The number of nitrogens with zero attached hydrogens (tertiary/aromatic N) is 4. The molecule has 0 spiro atoms. The fraction of sp³-hybridized carbons (Fsp3) is 0.333. The average Bonchev–Trinajstić information content (AvgIpc) is 3.13. The number of hydrogen-bond donors (Lipinski definition) is 1. The summed E-state index contributed by atoms with van der Waals surface area (Å²) in [6.07, 6.45) is 5.29. The summed E-state index contributed by atoms with van der Waals surface area (Å²) in [5, 5.41) is 6.51. The van der Waals surface area contributed by atoms with Gasteiger partial charge in [0.25, 0.3) is 5.91 Å². The quantitative estimate of drug-likeness (QED) is 0.669. The van der Waals surface area contributed by atoms with Crippen molar-refractivity contribution in [3.63, 3.8) is 0 Å². The highest BCUT2D eigenvalue weighted by atomic mass is 19.1. The molecular weight excluding hydrogens is 389 g/mol. The lowest BCUT2D eigenvalue weighted by molar-refractivity contribution is -0.134. The van der Waals surface area contributed by atoms with Crippen molar-refractivity contribution in [1.29, 1.82) is 0 Å². The number of piperidine rings is 1. The van der Waals surface area contributed by atoms with Crippen LogP contribution in [0.2, 0.25) is 0 Å². The van der Waals surface area contributed by atoms with Gasteiger partial charge in [-0.15, -0.1) is 0 Å². The van der Waals surface area contributed by atoms with Crippen molar-refractivity contribution in [3.8, 4) is 11.4 Å². The van der Waals surface area contributed by atoms with Gasteiger partial charge in [0.15, 0.2) is 6.61 Å². The van der Waals surface area contributed by atoms with E-state index in [0.717, 1.165) is 12.8 Å². The molecule has 1 aliphatic heterocycles. The Morgan fingerprint density at radius 1 is 1.20 bits per heavy atom. The molecule has 3 aromatic rings. The van der Waals surface area contributed by atoms with Gasteiger partial charge in [-0.2, -0.15) is 5.10 Å². The van der Waals surface area contributed by atoms with E-state index in [1.165, 1.54) is 10.6 Å². The fourth-order valence-electron chi connectivity index (χ4n) is 3.66. The van der Waals surface area contributed by atoms with Gasteiger partial charge < -0.3 is 9.64 Å². The lowest BCUT2D eigenvalue weighted by Gasteiger charge is -2.31. The predicted octanol–water partition coefficient (Wildman–Crippen LogP) is 1.95. The third-order valence-corrected chi connectivity index (χ3v) is 5.27. The second-order valence-corrected chi connectivity index (χ2v) is 7.24. The molecule has 156 valence electrons. The summed E-state index contributed by atoms with van der Waals surface area (Å²) in [6, 6.07) is 9.63. The first-order valence-corrected chi connectivity index (χ1v) is 9.83. The van der Waals surface area contributed by atoms with E-state index in [0.29, 0.717) is 31.1 Å².